The summed E-state index contributed by atoms with van der Waals surface area (Å²) >= 11 is 34.8. The number of aliphatic hydroxyl groups excluding tert-OH is 1. The van der Waals surface area contributed by atoms with E-state index in [1.807, 2.05) is 0 Å². The van der Waals surface area contributed by atoms with Crippen LogP contribution in [0.1, 0.15) is 16.7 Å². The highest BCUT2D eigenvalue weighted by atomic mass is 35.6. The molecule has 0 aliphatic carbocycles. The van der Waals surface area contributed by atoms with Crippen LogP contribution in [-0.4, -0.2) is 11.7 Å². The number of alkyl halides is 6. The monoisotopic (exact) mass is 354 g/mol. The molecule has 0 aliphatic heterocycles. The highest BCUT2D eigenvalue weighted by Gasteiger charge is 2.30. The van der Waals surface area contributed by atoms with Gasteiger partial charge in [0, 0.05) is 17.7 Å². The molecule has 0 aliphatic rings. The van der Waals surface area contributed by atoms with E-state index in [0.29, 0.717) is 23.1 Å². The van der Waals surface area contributed by atoms with E-state index in [4.69, 9.17) is 74.7 Å². The molecule has 0 saturated carbocycles. The number of benzene rings is 1. The Hall–Kier alpha value is 0.920. The second-order valence-corrected chi connectivity index (χ2v) is 7.90. The summed E-state index contributed by atoms with van der Waals surface area (Å²) in [7, 11) is 0. The predicted octanol–water partition coefficient (Wildman–Crippen LogP) is 4.87. The van der Waals surface area contributed by atoms with Crippen LogP contribution >= 0.6 is 69.6 Å². The fourth-order valence-corrected chi connectivity index (χ4v) is 2.24. The number of aliphatic hydroxyl groups is 1. The maximum Gasteiger partial charge on any atom is 0.216 e. The molecule has 0 aromatic heterocycles. The van der Waals surface area contributed by atoms with Crippen LogP contribution in [-0.2, 0) is 14.0 Å². The van der Waals surface area contributed by atoms with Gasteiger partial charge >= 0.3 is 0 Å². The Balaban J connectivity index is 3.30. The van der Waals surface area contributed by atoms with Gasteiger partial charge in [-0.3, -0.25) is 0 Å². The number of hydrogen-bond acceptors (Lipinski definition) is 1. The summed E-state index contributed by atoms with van der Waals surface area (Å²) in [5, 5.41) is 8.93. The molecule has 1 N–H and O–H groups in total. The van der Waals surface area contributed by atoms with E-state index in [1.54, 1.807) is 12.1 Å². The van der Waals surface area contributed by atoms with Gasteiger partial charge in [0.2, 0.25) is 7.59 Å². The van der Waals surface area contributed by atoms with Crippen LogP contribution in [0, 0.1) is 0 Å². The van der Waals surface area contributed by atoms with Crippen molar-refractivity contribution in [2.24, 2.45) is 0 Å². The summed E-state index contributed by atoms with van der Waals surface area (Å²) < 4.78 is -3.21. The maximum atomic E-state index is 8.93. The van der Waals surface area contributed by atoms with Gasteiger partial charge in [-0.1, -0.05) is 81.7 Å². The third-order valence-corrected chi connectivity index (χ3v) is 3.39. The molecule has 1 aromatic rings. The minimum atomic E-state index is -1.63. The lowest BCUT2D eigenvalue weighted by atomic mass is 10.0. The number of hydrogen-bond donors (Lipinski definition) is 1. The SMILES string of the molecule is OCCc1ccc(C(Cl)(Cl)Cl)cc1C(Cl)(Cl)Cl. The first-order valence-electron chi connectivity index (χ1n) is 4.54. The Bertz CT molecular complexity index is 393. The molecule has 1 rings (SSSR count). The highest BCUT2D eigenvalue weighted by molar-refractivity contribution is 6.67. The molecule has 7 heteroatoms. The second-order valence-electron chi connectivity index (χ2n) is 3.34. The minimum Gasteiger partial charge on any atom is -0.396 e. The van der Waals surface area contributed by atoms with Gasteiger partial charge in [-0.2, -0.15) is 0 Å². The third-order valence-electron chi connectivity index (χ3n) is 2.12. The Labute approximate surface area is 130 Å². The standard InChI is InChI=1S/C10H8Cl6O/c11-9(12,13)7-2-1-6(3-4-17)8(5-7)10(14,15)16/h1-2,5,17H,3-4H2. The summed E-state index contributed by atoms with van der Waals surface area (Å²) in [6.45, 7) is -0.0547. The van der Waals surface area contributed by atoms with Gasteiger partial charge in [0.05, 0.1) is 0 Å². The highest BCUT2D eigenvalue weighted by Crippen LogP contribution is 2.44. The summed E-state index contributed by atoms with van der Waals surface area (Å²) in [4.78, 5) is 0. The predicted molar refractivity (Wildman–Crippen MR) is 75.7 cm³/mol. The van der Waals surface area contributed by atoms with Gasteiger partial charge in [-0.05, 0) is 18.1 Å². The maximum absolute atomic E-state index is 8.93. The summed E-state index contributed by atoms with van der Waals surface area (Å²) in [5.74, 6) is 0. The molecule has 0 radical (unpaired) electrons. The normalized spacial score (nSPS) is 12.9. The molecule has 0 fully saturated rings. The van der Waals surface area contributed by atoms with Crippen LogP contribution in [0.2, 0.25) is 0 Å². The van der Waals surface area contributed by atoms with Crippen LogP contribution in [0.25, 0.3) is 0 Å². The van der Waals surface area contributed by atoms with Gasteiger partial charge in [0.1, 0.15) is 0 Å². The zero-order chi connectivity index (χ0) is 13.3. The Morgan fingerprint density at radius 2 is 1.53 bits per heavy atom. The molecular weight excluding hydrogens is 349 g/mol. The first-order valence-corrected chi connectivity index (χ1v) is 6.81. The molecule has 0 unspecified atom stereocenters. The molecule has 0 atom stereocenters. The van der Waals surface area contributed by atoms with Crippen molar-refractivity contribution < 1.29 is 5.11 Å². The first-order chi connectivity index (χ1) is 7.66. The lowest BCUT2D eigenvalue weighted by molar-refractivity contribution is 0.299. The van der Waals surface area contributed by atoms with Crippen molar-refractivity contribution in [3.05, 3.63) is 34.9 Å². The largest absolute Gasteiger partial charge is 0.396 e. The van der Waals surface area contributed by atoms with E-state index in [9.17, 15) is 0 Å². The molecule has 0 bridgehead atoms. The molecule has 1 aromatic carbocycles. The second kappa shape index (κ2) is 5.92. The quantitative estimate of drug-likeness (QED) is 0.749. The van der Waals surface area contributed by atoms with Crippen molar-refractivity contribution in [3.8, 4) is 0 Å². The van der Waals surface area contributed by atoms with Crippen LogP contribution in [0.4, 0.5) is 0 Å². The zero-order valence-corrected chi connectivity index (χ0v) is 12.9. The Morgan fingerprint density at radius 3 is 1.94 bits per heavy atom. The molecule has 17 heavy (non-hydrogen) atoms. The van der Waals surface area contributed by atoms with E-state index in [-0.39, 0.29) is 6.61 Å². The molecule has 0 heterocycles. The summed E-state index contributed by atoms with van der Waals surface area (Å²) in [5.41, 5.74) is 1.51. The fourth-order valence-electron chi connectivity index (χ4n) is 1.36. The van der Waals surface area contributed by atoms with Gasteiger partial charge < -0.3 is 5.11 Å². The Kier molecular flexibility index (Phi) is 5.56. The Morgan fingerprint density at radius 1 is 0.941 bits per heavy atom. The van der Waals surface area contributed by atoms with Crippen molar-refractivity contribution in [1.82, 2.24) is 0 Å². The molecule has 0 saturated heterocycles. The van der Waals surface area contributed by atoms with Gasteiger partial charge in [-0.15, -0.1) is 0 Å². The molecule has 96 valence electrons. The lowest BCUT2D eigenvalue weighted by Crippen LogP contribution is -2.10. The van der Waals surface area contributed by atoms with Crippen molar-refractivity contribution in [3.63, 3.8) is 0 Å². The van der Waals surface area contributed by atoms with E-state index in [2.05, 4.69) is 0 Å². The molecular formula is C10H8Cl6O. The average Bonchev–Trinajstić information content (AvgIpc) is 2.15. The van der Waals surface area contributed by atoms with Crippen LogP contribution in [0.3, 0.4) is 0 Å². The molecule has 0 amide bonds. The van der Waals surface area contributed by atoms with Crippen molar-refractivity contribution in [2.45, 2.75) is 14.0 Å². The van der Waals surface area contributed by atoms with Crippen LogP contribution in [0.5, 0.6) is 0 Å². The van der Waals surface area contributed by atoms with Gasteiger partial charge in [0.25, 0.3) is 0 Å². The van der Waals surface area contributed by atoms with Crippen LogP contribution in [0.15, 0.2) is 18.2 Å². The van der Waals surface area contributed by atoms with Gasteiger partial charge in [-0.25, -0.2) is 0 Å². The molecule has 1 nitrogen and oxygen atoms in total. The summed E-state index contributed by atoms with van der Waals surface area (Å²) in [6, 6.07) is 4.81. The minimum absolute atomic E-state index is 0.0547. The third kappa shape index (κ3) is 4.50. The average molecular weight is 357 g/mol. The van der Waals surface area contributed by atoms with E-state index >= 15 is 0 Å². The number of halogens is 6. The number of rotatable bonds is 2. The van der Waals surface area contributed by atoms with Crippen molar-refractivity contribution >= 4 is 69.6 Å². The van der Waals surface area contributed by atoms with E-state index < -0.39 is 7.59 Å². The summed E-state index contributed by atoms with van der Waals surface area (Å²) in [6.07, 6.45) is 0.364. The topological polar surface area (TPSA) is 20.2 Å². The van der Waals surface area contributed by atoms with Crippen LogP contribution < -0.4 is 0 Å². The van der Waals surface area contributed by atoms with E-state index in [1.165, 1.54) is 6.07 Å². The fraction of sp³-hybridized carbons (Fsp3) is 0.400. The smallest absolute Gasteiger partial charge is 0.216 e. The van der Waals surface area contributed by atoms with Gasteiger partial charge in [0.15, 0.2) is 0 Å². The van der Waals surface area contributed by atoms with E-state index in [0.717, 1.165) is 0 Å². The zero-order valence-electron chi connectivity index (χ0n) is 8.36. The van der Waals surface area contributed by atoms with Crippen molar-refractivity contribution in [1.29, 1.82) is 0 Å². The van der Waals surface area contributed by atoms with Crippen molar-refractivity contribution in [2.75, 3.05) is 6.61 Å². The molecule has 0 spiro atoms. The first kappa shape index (κ1) is 16.0. The lowest BCUT2D eigenvalue weighted by Gasteiger charge is -2.20.